The summed E-state index contributed by atoms with van der Waals surface area (Å²) in [6, 6.07) is 13.8. The molecule has 1 heterocycles. The van der Waals surface area contributed by atoms with Gasteiger partial charge < -0.3 is 4.42 Å². The first kappa shape index (κ1) is 17.6. The number of halogens is 1. The first-order valence-electron chi connectivity index (χ1n) is 7.59. The van der Waals surface area contributed by atoms with Crippen LogP contribution in [-0.4, -0.2) is 25.2 Å². The molecule has 130 valence electrons. The zero-order valence-electron chi connectivity index (χ0n) is 13.4. The molecule has 25 heavy (non-hydrogen) atoms. The minimum absolute atomic E-state index is 0.117. The molecule has 8 heteroatoms. The lowest BCUT2D eigenvalue weighted by molar-refractivity contribution is 0.501. The molecule has 6 nitrogen and oxygen atoms in total. The van der Waals surface area contributed by atoms with Crippen molar-refractivity contribution in [3.05, 3.63) is 65.0 Å². The van der Waals surface area contributed by atoms with Crippen LogP contribution in [0, 0.1) is 6.92 Å². The van der Waals surface area contributed by atoms with Crippen molar-refractivity contribution in [3.8, 4) is 11.5 Å². The van der Waals surface area contributed by atoms with Crippen molar-refractivity contribution in [2.75, 3.05) is 6.54 Å². The van der Waals surface area contributed by atoms with Crippen molar-refractivity contribution in [3.63, 3.8) is 0 Å². The number of hydrogen-bond acceptors (Lipinski definition) is 5. The number of benzene rings is 2. The van der Waals surface area contributed by atoms with E-state index in [1.165, 1.54) is 12.1 Å². The van der Waals surface area contributed by atoms with E-state index >= 15 is 0 Å². The van der Waals surface area contributed by atoms with Crippen LogP contribution in [-0.2, 0) is 16.4 Å². The second kappa shape index (κ2) is 7.35. The van der Waals surface area contributed by atoms with Crippen LogP contribution in [0.2, 0.25) is 5.02 Å². The smallest absolute Gasteiger partial charge is 0.247 e. The van der Waals surface area contributed by atoms with Crippen LogP contribution in [0.3, 0.4) is 0 Å². The third-order valence-corrected chi connectivity index (χ3v) is 5.27. The fourth-order valence-corrected chi connectivity index (χ4v) is 3.62. The third-order valence-electron chi connectivity index (χ3n) is 3.58. The van der Waals surface area contributed by atoms with Crippen LogP contribution in [0.15, 0.2) is 57.8 Å². The Labute approximate surface area is 150 Å². The average Bonchev–Trinajstić information content (AvgIpc) is 3.04. The normalized spacial score (nSPS) is 11.6. The molecule has 0 spiro atoms. The molecule has 0 atom stereocenters. The zero-order chi connectivity index (χ0) is 17.9. The highest BCUT2D eigenvalue weighted by molar-refractivity contribution is 7.89. The monoisotopic (exact) mass is 377 g/mol. The van der Waals surface area contributed by atoms with Gasteiger partial charge in [0.15, 0.2) is 0 Å². The summed E-state index contributed by atoms with van der Waals surface area (Å²) in [7, 11) is -3.63. The minimum Gasteiger partial charge on any atom is -0.421 e. The van der Waals surface area contributed by atoms with Crippen molar-refractivity contribution in [2.24, 2.45) is 0 Å². The number of aromatic nitrogens is 2. The summed E-state index contributed by atoms with van der Waals surface area (Å²) >= 11 is 5.83. The van der Waals surface area contributed by atoms with Crippen molar-refractivity contribution in [1.82, 2.24) is 14.9 Å². The fraction of sp³-hybridized carbons (Fsp3) is 0.176. The van der Waals surface area contributed by atoms with E-state index in [0.29, 0.717) is 23.2 Å². The quantitative estimate of drug-likeness (QED) is 0.712. The summed E-state index contributed by atoms with van der Waals surface area (Å²) < 4.78 is 32.5. The lowest BCUT2D eigenvalue weighted by Gasteiger charge is -2.05. The molecule has 3 aromatic rings. The van der Waals surface area contributed by atoms with E-state index < -0.39 is 10.0 Å². The van der Waals surface area contributed by atoms with Gasteiger partial charge in [-0.3, -0.25) is 0 Å². The number of sulfonamides is 1. The minimum atomic E-state index is -3.63. The molecule has 0 fully saturated rings. The Morgan fingerprint density at radius 3 is 2.68 bits per heavy atom. The van der Waals surface area contributed by atoms with Crippen LogP contribution in [0.25, 0.3) is 11.5 Å². The lowest BCUT2D eigenvalue weighted by Crippen LogP contribution is -2.26. The second-order valence-corrected chi connectivity index (χ2v) is 7.62. The lowest BCUT2D eigenvalue weighted by atomic mass is 10.1. The Morgan fingerprint density at radius 2 is 1.92 bits per heavy atom. The maximum atomic E-state index is 12.2. The summed E-state index contributed by atoms with van der Waals surface area (Å²) in [6.07, 6.45) is 0.290. The molecule has 2 aromatic carbocycles. The van der Waals surface area contributed by atoms with E-state index in [1.54, 1.807) is 12.1 Å². The van der Waals surface area contributed by atoms with Gasteiger partial charge in [-0.05, 0) is 36.8 Å². The summed E-state index contributed by atoms with van der Waals surface area (Å²) in [5.41, 5.74) is 1.89. The predicted octanol–water partition coefficient (Wildman–Crippen LogP) is 3.22. The topological polar surface area (TPSA) is 85.1 Å². The maximum Gasteiger partial charge on any atom is 0.247 e. The van der Waals surface area contributed by atoms with Crippen molar-refractivity contribution >= 4 is 21.6 Å². The number of nitrogens with zero attached hydrogens (tertiary/aromatic N) is 2. The molecule has 0 aliphatic carbocycles. The fourth-order valence-electron chi connectivity index (χ4n) is 2.29. The number of hydrogen-bond donors (Lipinski definition) is 1. The Balaban J connectivity index is 1.64. The van der Waals surface area contributed by atoms with Crippen LogP contribution in [0.5, 0.6) is 0 Å². The van der Waals surface area contributed by atoms with E-state index in [4.69, 9.17) is 16.0 Å². The molecule has 1 aromatic heterocycles. The van der Waals surface area contributed by atoms with Gasteiger partial charge in [-0.2, -0.15) is 0 Å². The van der Waals surface area contributed by atoms with Gasteiger partial charge in [-0.15, -0.1) is 10.2 Å². The molecule has 0 saturated heterocycles. The highest BCUT2D eigenvalue weighted by Crippen LogP contribution is 2.21. The van der Waals surface area contributed by atoms with Crippen molar-refractivity contribution in [2.45, 2.75) is 18.2 Å². The Morgan fingerprint density at radius 1 is 1.12 bits per heavy atom. The number of nitrogens with one attached hydrogen (secondary N) is 1. The van der Waals surface area contributed by atoms with E-state index in [2.05, 4.69) is 14.9 Å². The number of aryl methyl sites for hydroxylation is 1. The van der Waals surface area contributed by atoms with Gasteiger partial charge >= 0.3 is 0 Å². The molecule has 0 aliphatic rings. The van der Waals surface area contributed by atoms with Crippen molar-refractivity contribution in [1.29, 1.82) is 0 Å². The van der Waals surface area contributed by atoms with Gasteiger partial charge in [0, 0.05) is 23.6 Å². The largest absolute Gasteiger partial charge is 0.421 e. The van der Waals surface area contributed by atoms with Crippen LogP contribution >= 0.6 is 11.6 Å². The van der Waals surface area contributed by atoms with E-state index in [9.17, 15) is 8.42 Å². The molecular formula is C17H16ClN3O3S. The van der Waals surface area contributed by atoms with Crippen LogP contribution < -0.4 is 4.72 Å². The van der Waals surface area contributed by atoms with Crippen LogP contribution in [0.4, 0.5) is 0 Å². The standard InChI is InChI=1S/C17H16ClN3O3S/c1-12-5-2-3-8-15(12)17-21-20-16(24-17)9-10-19-25(22,23)14-7-4-6-13(18)11-14/h2-8,11,19H,9-10H2,1H3. The highest BCUT2D eigenvalue weighted by atomic mass is 35.5. The van der Waals surface area contributed by atoms with Crippen molar-refractivity contribution < 1.29 is 12.8 Å². The first-order valence-corrected chi connectivity index (χ1v) is 9.45. The first-order chi connectivity index (χ1) is 12.0. The Kier molecular flexibility index (Phi) is 5.17. The van der Waals surface area contributed by atoms with Gasteiger partial charge in [-0.1, -0.05) is 35.9 Å². The molecule has 0 amide bonds. The number of rotatable bonds is 6. The van der Waals surface area contributed by atoms with Gasteiger partial charge in [0.1, 0.15) is 0 Å². The van der Waals surface area contributed by atoms with E-state index in [-0.39, 0.29) is 11.4 Å². The van der Waals surface area contributed by atoms with Gasteiger partial charge in [0.25, 0.3) is 0 Å². The molecular weight excluding hydrogens is 362 g/mol. The van der Waals surface area contributed by atoms with Gasteiger partial charge in [-0.25, -0.2) is 13.1 Å². The summed E-state index contributed by atoms with van der Waals surface area (Å²) in [4.78, 5) is 0.117. The zero-order valence-corrected chi connectivity index (χ0v) is 15.0. The molecule has 1 N–H and O–H groups in total. The van der Waals surface area contributed by atoms with E-state index in [0.717, 1.165) is 11.1 Å². The predicted molar refractivity (Wildman–Crippen MR) is 94.8 cm³/mol. The molecule has 3 rings (SSSR count). The molecule has 0 radical (unpaired) electrons. The summed E-state index contributed by atoms with van der Waals surface area (Å²) in [5, 5.41) is 8.35. The molecule has 0 aliphatic heterocycles. The maximum absolute atomic E-state index is 12.2. The highest BCUT2D eigenvalue weighted by Gasteiger charge is 2.15. The van der Waals surface area contributed by atoms with E-state index in [1.807, 2.05) is 31.2 Å². The van der Waals surface area contributed by atoms with Crippen LogP contribution in [0.1, 0.15) is 11.5 Å². The third kappa shape index (κ3) is 4.25. The Bertz CT molecular complexity index is 986. The molecule has 0 bridgehead atoms. The summed E-state index contributed by atoms with van der Waals surface area (Å²) in [6.45, 7) is 2.10. The molecule has 0 unspecified atom stereocenters. The Hall–Kier alpha value is -2.22. The van der Waals surface area contributed by atoms with Gasteiger partial charge in [0.2, 0.25) is 21.8 Å². The SMILES string of the molecule is Cc1ccccc1-c1nnc(CCNS(=O)(=O)c2cccc(Cl)c2)o1. The second-order valence-electron chi connectivity index (χ2n) is 5.42. The van der Waals surface area contributed by atoms with Gasteiger partial charge in [0.05, 0.1) is 4.90 Å². The molecule has 0 saturated carbocycles. The summed E-state index contributed by atoms with van der Waals surface area (Å²) in [5.74, 6) is 0.790. The average molecular weight is 378 g/mol.